The quantitative estimate of drug-likeness (QED) is 0.843. The molecule has 0 saturated carbocycles. The van der Waals surface area contributed by atoms with Crippen molar-refractivity contribution in [2.75, 3.05) is 39.4 Å². The van der Waals surface area contributed by atoms with Gasteiger partial charge in [0, 0.05) is 50.8 Å². The minimum absolute atomic E-state index is 0.186. The van der Waals surface area contributed by atoms with Crippen molar-refractivity contribution >= 4 is 5.91 Å². The molecule has 1 aromatic heterocycles. The molecular formula is C21H29N5O2. The molecule has 0 bridgehead atoms. The lowest BCUT2D eigenvalue weighted by molar-refractivity contribution is -0.138. The molecule has 3 heterocycles. The van der Waals surface area contributed by atoms with E-state index >= 15 is 0 Å². The number of hydrogen-bond acceptors (Lipinski definition) is 5. The summed E-state index contributed by atoms with van der Waals surface area (Å²) >= 11 is 0. The number of morpholine rings is 1. The second kappa shape index (κ2) is 8.03. The van der Waals surface area contributed by atoms with Crippen LogP contribution in [0, 0.1) is 6.92 Å². The molecule has 4 rings (SSSR count). The highest BCUT2D eigenvalue weighted by Gasteiger charge is 2.45. The second-order valence-corrected chi connectivity index (χ2v) is 7.78. The van der Waals surface area contributed by atoms with Gasteiger partial charge in [0.15, 0.2) is 0 Å². The summed E-state index contributed by atoms with van der Waals surface area (Å²) in [5, 5.41) is 0. The summed E-state index contributed by atoms with van der Waals surface area (Å²) in [6.07, 6.45) is 5.36. The maximum absolute atomic E-state index is 12.3. The number of primary amides is 1. The van der Waals surface area contributed by atoms with Gasteiger partial charge in [0.1, 0.15) is 11.4 Å². The first-order chi connectivity index (χ1) is 13.6. The van der Waals surface area contributed by atoms with Crippen molar-refractivity contribution in [1.29, 1.82) is 0 Å². The monoisotopic (exact) mass is 383 g/mol. The zero-order valence-electron chi connectivity index (χ0n) is 16.5. The van der Waals surface area contributed by atoms with Crippen molar-refractivity contribution in [2.45, 2.75) is 31.8 Å². The predicted octanol–water partition coefficient (Wildman–Crippen LogP) is 1.33. The number of rotatable bonds is 5. The van der Waals surface area contributed by atoms with Crippen molar-refractivity contribution in [2.24, 2.45) is 5.73 Å². The first kappa shape index (κ1) is 19.1. The molecule has 0 atom stereocenters. The van der Waals surface area contributed by atoms with Crippen LogP contribution in [0.4, 0.5) is 0 Å². The van der Waals surface area contributed by atoms with Crippen molar-refractivity contribution in [3.8, 4) is 5.69 Å². The third kappa shape index (κ3) is 3.70. The molecule has 2 aliphatic rings. The number of amides is 1. The van der Waals surface area contributed by atoms with Gasteiger partial charge in [-0.25, -0.2) is 4.98 Å². The highest BCUT2D eigenvalue weighted by atomic mass is 16.5. The number of nitrogens with two attached hydrogens (primary N) is 1. The van der Waals surface area contributed by atoms with Crippen molar-refractivity contribution in [3.05, 3.63) is 48.0 Å². The van der Waals surface area contributed by atoms with E-state index in [1.165, 1.54) is 5.56 Å². The lowest BCUT2D eigenvalue weighted by atomic mass is 9.84. The number of carbonyl (C=O) groups excluding carboxylic acids is 1. The molecule has 150 valence electrons. The van der Waals surface area contributed by atoms with Gasteiger partial charge in [-0.05, 0) is 37.5 Å². The van der Waals surface area contributed by atoms with E-state index in [1.54, 1.807) is 0 Å². The Morgan fingerprint density at radius 1 is 1.14 bits per heavy atom. The molecular weight excluding hydrogens is 354 g/mol. The van der Waals surface area contributed by atoms with Crippen molar-refractivity contribution < 1.29 is 9.53 Å². The fourth-order valence-electron chi connectivity index (χ4n) is 4.46. The molecule has 2 N–H and O–H groups in total. The molecule has 2 aliphatic heterocycles. The number of piperidine rings is 1. The van der Waals surface area contributed by atoms with Crippen molar-refractivity contribution in [3.63, 3.8) is 0 Å². The minimum atomic E-state index is -0.511. The van der Waals surface area contributed by atoms with E-state index in [-0.39, 0.29) is 5.91 Å². The van der Waals surface area contributed by atoms with E-state index in [4.69, 9.17) is 10.5 Å². The van der Waals surface area contributed by atoms with Crippen molar-refractivity contribution in [1.82, 2.24) is 19.4 Å². The third-order valence-electron chi connectivity index (χ3n) is 6.20. The Balaban J connectivity index is 1.38. The van der Waals surface area contributed by atoms with Gasteiger partial charge < -0.3 is 15.0 Å². The highest BCUT2D eigenvalue weighted by Crippen LogP contribution is 2.30. The summed E-state index contributed by atoms with van der Waals surface area (Å²) in [5.74, 6) is 0.795. The van der Waals surface area contributed by atoms with Gasteiger partial charge in [-0.15, -0.1) is 0 Å². The fourth-order valence-corrected chi connectivity index (χ4v) is 4.46. The number of likely N-dealkylation sites (tertiary alicyclic amines) is 1. The van der Waals surface area contributed by atoms with Gasteiger partial charge in [-0.2, -0.15) is 0 Å². The average molecular weight is 383 g/mol. The zero-order chi connectivity index (χ0) is 19.6. The molecule has 7 nitrogen and oxygen atoms in total. The Bertz CT molecular complexity index is 802. The molecule has 7 heteroatoms. The van der Waals surface area contributed by atoms with Crippen LogP contribution >= 0.6 is 0 Å². The molecule has 0 spiro atoms. The number of imidazole rings is 1. The minimum Gasteiger partial charge on any atom is -0.379 e. The van der Waals surface area contributed by atoms with E-state index < -0.39 is 5.54 Å². The Morgan fingerprint density at radius 3 is 2.39 bits per heavy atom. The van der Waals surface area contributed by atoms with Crippen LogP contribution in [0.5, 0.6) is 0 Å². The van der Waals surface area contributed by atoms with Gasteiger partial charge in [0.2, 0.25) is 5.91 Å². The molecule has 0 radical (unpaired) electrons. The highest BCUT2D eigenvalue weighted by molar-refractivity contribution is 5.84. The smallest absolute Gasteiger partial charge is 0.238 e. The van der Waals surface area contributed by atoms with E-state index in [9.17, 15) is 4.79 Å². The summed E-state index contributed by atoms with van der Waals surface area (Å²) in [4.78, 5) is 21.3. The molecule has 0 unspecified atom stereocenters. The maximum atomic E-state index is 12.3. The predicted molar refractivity (Wildman–Crippen MR) is 107 cm³/mol. The average Bonchev–Trinajstić information content (AvgIpc) is 3.16. The molecule has 1 amide bonds. The number of nitrogens with zero attached hydrogens (tertiary/aromatic N) is 4. The van der Waals surface area contributed by atoms with E-state index in [1.807, 2.05) is 19.3 Å². The summed E-state index contributed by atoms with van der Waals surface area (Å²) in [5.41, 5.74) is 7.75. The molecule has 2 aromatic rings. The van der Waals surface area contributed by atoms with Crippen LogP contribution in [0.2, 0.25) is 0 Å². The van der Waals surface area contributed by atoms with Gasteiger partial charge in [-0.1, -0.05) is 12.1 Å². The first-order valence-corrected chi connectivity index (χ1v) is 10.0. The molecule has 0 aliphatic carbocycles. The first-order valence-electron chi connectivity index (χ1n) is 10.0. The van der Waals surface area contributed by atoms with Gasteiger partial charge in [-0.3, -0.25) is 14.6 Å². The SMILES string of the molecule is Cc1nccn1-c1ccc(CN2CCC(C(N)=O)(N3CCOCC3)CC2)cc1. The topological polar surface area (TPSA) is 76.6 Å². The number of benzene rings is 1. The van der Waals surface area contributed by atoms with Gasteiger partial charge >= 0.3 is 0 Å². The van der Waals surface area contributed by atoms with Gasteiger partial charge in [0.25, 0.3) is 0 Å². The standard InChI is InChI=1S/C21H29N5O2/c1-17-23-8-11-26(17)19-4-2-18(3-5-19)16-24-9-6-21(7-10-24,20(22)27)25-12-14-28-15-13-25/h2-5,8,11H,6-7,9-10,12-16H2,1H3,(H2,22,27). The van der Waals surface area contributed by atoms with Crippen LogP contribution in [0.25, 0.3) is 5.69 Å². The van der Waals surface area contributed by atoms with E-state index in [2.05, 4.69) is 43.6 Å². The largest absolute Gasteiger partial charge is 0.379 e. The number of aryl methyl sites for hydroxylation is 1. The Kier molecular flexibility index (Phi) is 5.48. The van der Waals surface area contributed by atoms with Crippen LogP contribution in [-0.4, -0.2) is 70.2 Å². The number of ether oxygens (including phenoxy) is 1. The Labute approximate surface area is 166 Å². The van der Waals surface area contributed by atoms with E-state index in [0.717, 1.165) is 57.1 Å². The summed E-state index contributed by atoms with van der Waals surface area (Å²) in [6.45, 7) is 7.59. The Morgan fingerprint density at radius 2 is 1.82 bits per heavy atom. The van der Waals surface area contributed by atoms with Crippen LogP contribution in [-0.2, 0) is 16.1 Å². The number of carbonyl (C=O) groups is 1. The van der Waals surface area contributed by atoms with E-state index in [0.29, 0.717) is 13.2 Å². The van der Waals surface area contributed by atoms with Crippen LogP contribution < -0.4 is 5.73 Å². The van der Waals surface area contributed by atoms with Gasteiger partial charge in [0.05, 0.1) is 13.2 Å². The number of aromatic nitrogens is 2. The summed E-state index contributed by atoms with van der Waals surface area (Å²) in [7, 11) is 0. The molecule has 2 saturated heterocycles. The summed E-state index contributed by atoms with van der Waals surface area (Å²) in [6, 6.07) is 8.62. The third-order valence-corrected chi connectivity index (χ3v) is 6.20. The second-order valence-electron chi connectivity index (χ2n) is 7.78. The summed E-state index contributed by atoms with van der Waals surface area (Å²) < 4.78 is 7.53. The molecule has 2 fully saturated rings. The lowest BCUT2D eigenvalue weighted by Crippen LogP contribution is -2.64. The molecule has 1 aromatic carbocycles. The molecule has 28 heavy (non-hydrogen) atoms. The maximum Gasteiger partial charge on any atom is 0.238 e. The van der Waals surface area contributed by atoms with Crippen LogP contribution in [0.15, 0.2) is 36.7 Å². The fraction of sp³-hybridized carbons (Fsp3) is 0.524. The van der Waals surface area contributed by atoms with Crippen LogP contribution in [0.1, 0.15) is 24.2 Å². The number of hydrogen-bond donors (Lipinski definition) is 1. The van der Waals surface area contributed by atoms with Crippen LogP contribution in [0.3, 0.4) is 0 Å². The normalized spacial score (nSPS) is 20.9. The zero-order valence-corrected chi connectivity index (χ0v) is 16.5. The Hall–Kier alpha value is -2.22. The lowest BCUT2D eigenvalue weighted by Gasteiger charge is -2.48.